The van der Waals surface area contributed by atoms with E-state index >= 15 is 0 Å². The smallest absolute Gasteiger partial charge is 0.322 e. The summed E-state index contributed by atoms with van der Waals surface area (Å²) < 4.78 is 4.88. The lowest BCUT2D eigenvalue weighted by Gasteiger charge is -2.04. The van der Waals surface area contributed by atoms with Crippen molar-refractivity contribution < 1.29 is 4.74 Å². The van der Waals surface area contributed by atoms with Crippen LogP contribution in [0.2, 0.25) is 5.28 Å². The SMILES string of the molecule is COc1nc(Cl)nc(NCCc2ncc[nH]2)n1. The van der Waals surface area contributed by atoms with Crippen molar-refractivity contribution >= 4 is 17.5 Å². The van der Waals surface area contributed by atoms with E-state index in [4.69, 9.17) is 16.3 Å². The van der Waals surface area contributed by atoms with Crippen LogP contribution in [0.1, 0.15) is 5.82 Å². The molecule has 90 valence electrons. The molecule has 0 bridgehead atoms. The van der Waals surface area contributed by atoms with Crippen LogP contribution in [0.15, 0.2) is 12.4 Å². The van der Waals surface area contributed by atoms with E-state index in [-0.39, 0.29) is 11.3 Å². The summed E-state index contributed by atoms with van der Waals surface area (Å²) in [5.74, 6) is 1.28. The van der Waals surface area contributed by atoms with Gasteiger partial charge in [0.15, 0.2) is 0 Å². The molecule has 2 rings (SSSR count). The van der Waals surface area contributed by atoms with Gasteiger partial charge in [-0.2, -0.15) is 15.0 Å². The van der Waals surface area contributed by atoms with Crippen molar-refractivity contribution in [2.45, 2.75) is 6.42 Å². The lowest BCUT2D eigenvalue weighted by Crippen LogP contribution is -2.10. The Morgan fingerprint density at radius 2 is 2.29 bits per heavy atom. The largest absolute Gasteiger partial charge is 0.467 e. The zero-order valence-electron chi connectivity index (χ0n) is 9.14. The van der Waals surface area contributed by atoms with Gasteiger partial charge in [-0.25, -0.2) is 4.98 Å². The lowest BCUT2D eigenvalue weighted by atomic mass is 10.4. The molecule has 2 aromatic rings. The summed E-state index contributed by atoms with van der Waals surface area (Å²) in [6.45, 7) is 0.636. The molecule has 0 saturated heterocycles. The predicted molar refractivity (Wildman–Crippen MR) is 62.2 cm³/mol. The molecule has 0 radical (unpaired) electrons. The summed E-state index contributed by atoms with van der Waals surface area (Å²) in [6, 6.07) is 0.186. The molecule has 17 heavy (non-hydrogen) atoms. The minimum atomic E-state index is 0.0948. The minimum Gasteiger partial charge on any atom is -0.467 e. The van der Waals surface area contributed by atoms with Crippen molar-refractivity contribution in [3.8, 4) is 6.01 Å². The van der Waals surface area contributed by atoms with Crippen molar-refractivity contribution in [3.05, 3.63) is 23.5 Å². The first-order valence-electron chi connectivity index (χ1n) is 4.95. The number of hydrogen-bond acceptors (Lipinski definition) is 6. The maximum absolute atomic E-state index is 5.71. The number of aromatic amines is 1. The van der Waals surface area contributed by atoms with Crippen LogP contribution in [0.25, 0.3) is 0 Å². The van der Waals surface area contributed by atoms with Crippen LogP contribution >= 0.6 is 11.6 Å². The van der Waals surface area contributed by atoms with E-state index in [1.54, 1.807) is 12.4 Å². The van der Waals surface area contributed by atoms with Gasteiger partial charge in [0, 0.05) is 25.4 Å². The molecule has 0 atom stereocenters. The number of methoxy groups -OCH3 is 1. The van der Waals surface area contributed by atoms with Crippen molar-refractivity contribution in [2.75, 3.05) is 19.0 Å². The van der Waals surface area contributed by atoms with Gasteiger partial charge in [0.25, 0.3) is 0 Å². The first-order valence-corrected chi connectivity index (χ1v) is 5.33. The number of rotatable bonds is 5. The normalized spacial score (nSPS) is 10.2. The maximum Gasteiger partial charge on any atom is 0.322 e. The fourth-order valence-electron chi connectivity index (χ4n) is 1.23. The molecule has 7 nitrogen and oxygen atoms in total. The Labute approximate surface area is 103 Å². The summed E-state index contributed by atoms with van der Waals surface area (Å²) >= 11 is 5.71. The monoisotopic (exact) mass is 254 g/mol. The Bertz CT molecular complexity index is 474. The number of nitrogens with zero attached hydrogens (tertiary/aromatic N) is 4. The number of H-pyrrole nitrogens is 1. The standard InChI is InChI=1S/C9H11ClN6O/c1-17-9-15-7(10)14-8(16-9)13-3-2-6-11-4-5-12-6/h4-5H,2-3H2,1H3,(H,11,12)(H,13,14,15,16). The number of aromatic nitrogens is 5. The van der Waals surface area contributed by atoms with E-state index in [1.807, 2.05) is 0 Å². The van der Waals surface area contributed by atoms with E-state index in [0.717, 1.165) is 12.2 Å². The van der Waals surface area contributed by atoms with Crippen LogP contribution in [0, 0.1) is 0 Å². The Hall–Kier alpha value is -1.89. The van der Waals surface area contributed by atoms with Gasteiger partial charge in [-0.15, -0.1) is 0 Å². The first kappa shape index (κ1) is 11.6. The average molecular weight is 255 g/mol. The fraction of sp³-hybridized carbons (Fsp3) is 0.333. The van der Waals surface area contributed by atoms with E-state index in [0.29, 0.717) is 12.5 Å². The molecule has 0 amide bonds. The molecule has 0 spiro atoms. The van der Waals surface area contributed by atoms with Gasteiger partial charge in [0.05, 0.1) is 7.11 Å². The molecule has 0 aliphatic heterocycles. The molecule has 0 unspecified atom stereocenters. The summed E-state index contributed by atoms with van der Waals surface area (Å²) in [5.41, 5.74) is 0. The summed E-state index contributed by atoms with van der Waals surface area (Å²) in [4.78, 5) is 18.8. The molecule has 2 heterocycles. The summed E-state index contributed by atoms with van der Waals surface area (Å²) in [7, 11) is 1.47. The molecule has 0 saturated carbocycles. The summed E-state index contributed by atoms with van der Waals surface area (Å²) in [5, 5.41) is 3.11. The zero-order valence-corrected chi connectivity index (χ0v) is 9.90. The third kappa shape index (κ3) is 3.28. The van der Waals surface area contributed by atoms with Crippen LogP contribution in [-0.4, -0.2) is 38.6 Å². The molecular weight excluding hydrogens is 244 g/mol. The number of nitrogens with one attached hydrogen (secondary N) is 2. The van der Waals surface area contributed by atoms with E-state index in [2.05, 4.69) is 30.2 Å². The Morgan fingerprint density at radius 3 is 3.00 bits per heavy atom. The van der Waals surface area contributed by atoms with E-state index in [9.17, 15) is 0 Å². The predicted octanol–water partition coefficient (Wildman–Crippen LogP) is 0.911. The quantitative estimate of drug-likeness (QED) is 0.825. The second-order valence-electron chi connectivity index (χ2n) is 3.13. The van der Waals surface area contributed by atoms with Crippen LogP contribution in [0.5, 0.6) is 6.01 Å². The number of imidazole rings is 1. The average Bonchev–Trinajstić information content (AvgIpc) is 2.81. The highest BCUT2D eigenvalue weighted by atomic mass is 35.5. The number of anilines is 1. The molecule has 2 aromatic heterocycles. The highest BCUT2D eigenvalue weighted by Crippen LogP contribution is 2.10. The van der Waals surface area contributed by atoms with Crippen molar-refractivity contribution in [3.63, 3.8) is 0 Å². The van der Waals surface area contributed by atoms with Crippen LogP contribution in [0.3, 0.4) is 0 Å². The molecule has 0 fully saturated rings. The summed E-state index contributed by atoms with van der Waals surface area (Å²) in [6.07, 6.45) is 4.22. The number of hydrogen-bond donors (Lipinski definition) is 2. The maximum atomic E-state index is 5.71. The molecule has 0 aliphatic rings. The third-order valence-electron chi connectivity index (χ3n) is 1.97. The minimum absolute atomic E-state index is 0.0948. The zero-order chi connectivity index (χ0) is 12.1. The highest BCUT2D eigenvalue weighted by molar-refractivity contribution is 6.28. The van der Waals surface area contributed by atoms with Gasteiger partial charge in [0.1, 0.15) is 5.82 Å². The Morgan fingerprint density at radius 1 is 1.41 bits per heavy atom. The number of ether oxygens (including phenoxy) is 1. The topological polar surface area (TPSA) is 88.6 Å². The molecule has 2 N–H and O–H groups in total. The van der Waals surface area contributed by atoms with Gasteiger partial charge in [-0.1, -0.05) is 0 Å². The fourth-order valence-corrected chi connectivity index (χ4v) is 1.38. The van der Waals surface area contributed by atoms with Gasteiger partial charge in [-0.05, 0) is 11.6 Å². The van der Waals surface area contributed by atoms with Crippen LogP contribution < -0.4 is 10.1 Å². The Kier molecular flexibility index (Phi) is 3.71. The van der Waals surface area contributed by atoms with Gasteiger partial charge in [0.2, 0.25) is 11.2 Å². The second kappa shape index (κ2) is 5.44. The van der Waals surface area contributed by atoms with E-state index < -0.39 is 0 Å². The van der Waals surface area contributed by atoms with Crippen LogP contribution in [0.4, 0.5) is 5.95 Å². The van der Waals surface area contributed by atoms with Crippen molar-refractivity contribution in [2.24, 2.45) is 0 Å². The van der Waals surface area contributed by atoms with Crippen molar-refractivity contribution in [1.82, 2.24) is 24.9 Å². The molecule has 0 aliphatic carbocycles. The van der Waals surface area contributed by atoms with Gasteiger partial charge in [-0.3, -0.25) is 0 Å². The highest BCUT2D eigenvalue weighted by Gasteiger charge is 2.04. The molecule has 0 aromatic carbocycles. The van der Waals surface area contributed by atoms with E-state index in [1.165, 1.54) is 7.11 Å². The third-order valence-corrected chi connectivity index (χ3v) is 2.14. The van der Waals surface area contributed by atoms with Gasteiger partial charge >= 0.3 is 6.01 Å². The van der Waals surface area contributed by atoms with Crippen molar-refractivity contribution in [1.29, 1.82) is 0 Å². The van der Waals surface area contributed by atoms with Crippen LogP contribution in [-0.2, 0) is 6.42 Å². The molecular formula is C9H11ClN6O. The molecule has 8 heteroatoms. The lowest BCUT2D eigenvalue weighted by molar-refractivity contribution is 0.379. The number of halogens is 1. The second-order valence-corrected chi connectivity index (χ2v) is 3.47. The Balaban J connectivity index is 1.92. The van der Waals surface area contributed by atoms with Gasteiger partial charge < -0.3 is 15.0 Å². The first-order chi connectivity index (χ1) is 8.28.